The zero-order chi connectivity index (χ0) is 18.9. The van der Waals surface area contributed by atoms with Gasteiger partial charge in [-0.3, -0.25) is 0 Å². The van der Waals surface area contributed by atoms with Crippen LogP contribution in [-0.2, 0) is 13.0 Å². The second-order valence-electron chi connectivity index (χ2n) is 6.72. The third-order valence-corrected chi connectivity index (χ3v) is 6.30. The number of aliphatic imine (C=N–C) groups is 1. The van der Waals surface area contributed by atoms with Crippen molar-refractivity contribution in [1.82, 2.24) is 25.4 Å². The highest BCUT2D eigenvalue weighted by Crippen LogP contribution is 2.33. The predicted octanol–water partition coefficient (Wildman–Crippen LogP) is 4.48. The number of hydrogen-bond donors (Lipinski definition) is 2. The highest BCUT2D eigenvalue weighted by molar-refractivity contribution is 14.0. The van der Waals surface area contributed by atoms with E-state index >= 15 is 0 Å². The van der Waals surface area contributed by atoms with Gasteiger partial charge in [0.1, 0.15) is 5.82 Å². The Kier molecular flexibility index (Phi) is 10.6. The molecule has 1 saturated carbocycles. The van der Waals surface area contributed by atoms with E-state index in [0.717, 1.165) is 49.4 Å². The molecule has 3 rings (SSSR count). The lowest BCUT2D eigenvalue weighted by Crippen LogP contribution is -2.37. The fourth-order valence-electron chi connectivity index (χ4n) is 3.50. The summed E-state index contributed by atoms with van der Waals surface area (Å²) in [6.07, 6.45) is 9.22. The van der Waals surface area contributed by atoms with Crippen LogP contribution >= 0.6 is 47.1 Å². The first kappa shape index (κ1) is 23.5. The van der Waals surface area contributed by atoms with Crippen LogP contribution in [0.15, 0.2) is 27.7 Å². The maximum atomic E-state index is 4.67. The minimum absolute atomic E-state index is 0. The van der Waals surface area contributed by atoms with Gasteiger partial charge in [0.25, 0.3) is 0 Å². The molecule has 0 atom stereocenters. The molecule has 0 unspecified atom stereocenters. The van der Waals surface area contributed by atoms with Crippen molar-refractivity contribution in [3.8, 4) is 0 Å². The Hall–Kier alpha value is -0.810. The topological polar surface area (TPSA) is 67.1 Å². The Morgan fingerprint density at radius 2 is 2.14 bits per heavy atom. The summed E-state index contributed by atoms with van der Waals surface area (Å²) in [5.74, 6) is 2.02. The average molecular weight is 535 g/mol. The van der Waals surface area contributed by atoms with Gasteiger partial charge in [-0.15, -0.1) is 45.5 Å². The van der Waals surface area contributed by atoms with Crippen LogP contribution in [0.1, 0.15) is 55.8 Å². The number of thioether (sulfide) groups is 1. The lowest BCUT2D eigenvalue weighted by molar-refractivity contribution is 0.460. The first-order chi connectivity index (χ1) is 13.3. The molecule has 0 radical (unpaired) electrons. The Morgan fingerprint density at radius 3 is 2.82 bits per heavy atom. The number of aromatic nitrogens is 3. The van der Waals surface area contributed by atoms with Crippen molar-refractivity contribution in [3.63, 3.8) is 0 Å². The highest BCUT2D eigenvalue weighted by Gasteiger charge is 2.23. The molecular formula is C19H31IN6S2. The summed E-state index contributed by atoms with van der Waals surface area (Å²) in [4.78, 5) is 5.95. The van der Waals surface area contributed by atoms with Gasteiger partial charge >= 0.3 is 0 Å². The van der Waals surface area contributed by atoms with Crippen molar-refractivity contribution in [2.75, 3.05) is 19.3 Å². The van der Waals surface area contributed by atoms with Gasteiger partial charge in [-0.05, 0) is 43.9 Å². The maximum Gasteiger partial charge on any atom is 0.191 e. The smallest absolute Gasteiger partial charge is 0.191 e. The molecule has 1 fully saturated rings. The second-order valence-corrected chi connectivity index (χ2v) is 8.52. The van der Waals surface area contributed by atoms with Gasteiger partial charge < -0.3 is 15.2 Å². The minimum Gasteiger partial charge on any atom is -0.357 e. The van der Waals surface area contributed by atoms with E-state index in [2.05, 4.69) is 61.1 Å². The number of guanidine groups is 1. The standard InChI is InChI=1S/C19H30N6S2.HI/c1-3-20-18(22-14-16-10-7-13-27-16)21-12-6-11-17-23-24-19(26-2)25(17)15-8-4-5-9-15;/h7,10,13,15H,3-6,8-9,11-12,14H2,1-2H3,(H2,20,21,22);1H. The van der Waals surface area contributed by atoms with Gasteiger partial charge in [0, 0.05) is 30.4 Å². The van der Waals surface area contributed by atoms with Crippen molar-refractivity contribution in [2.24, 2.45) is 4.99 Å². The van der Waals surface area contributed by atoms with Crippen LogP contribution in [0.5, 0.6) is 0 Å². The molecule has 0 aromatic carbocycles. The second kappa shape index (κ2) is 12.7. The van der Waals surface area contributed by atoms with Crippen LogP contribution in [-0.4, -0.2) is 40.1 Å². The van der Waals surface area contributed by atoms with Gasteiger partial charge in [0.15, 0.2) is 11.1 Å². The Labute approximate surface area is 193 Å². The van der Waals surface area contributed by atoms with Gasteiger partial charge in [-0.1, -0.05) is 30.7 Å². The Morgan fingerprint density at radius 1 is 1.32 bits per heavy atom. The SMILES string of the molecule is CCNC(=NCc1cccs1)NCCCc1nnc(SC)n1C1CCCC1.I. The van der Waals surface area contributed by atoms with Crippen LogP contribution in [0.4, 0.5) is 0 Å². The number of thiophene rings is 1. The quantitative estimate of drug-likeness (QED) is 0.163. The van der Waals surface area contributed by atoms with E-state index in [1.165, 1.54) is 30.6 Å². The molecule has 0 bridgehead atoms. The third kappa shape index (κ3) is 6.62. The molecule has 2 aromatic rings. The monoisotopic (exact) mass is 534 g/mol. The molecule has 0 spiro atoms. The van der Waals surface area contributed by atoms with Crippen LogP contribution in [0.3, 0.4) is 0 Å². The molecule has 156 valence electrons. The molecular weight excluding hydrogens is 503 g/mol. The zero-order valence-electron chi connectivity index (χ0n) is 16.7. The van der Waals surface area contributed by atoms with E-state index in [4.69, 9.17) is 0 Å². The summed E-state index contributed by atoms with van der Waals surface area (Å²) in [5, 5.41) is 18.8. The number of nitrogens with zero attached hydrogens (tertiary/aromatic N) is 4. The largest absolute Gasteiger partial charge is 0.357 e. The Balaban J connectivity index is 0.00000280. The summed E-state index contributed by atoms with van der Waals surface area (Å²) in [5.41, 5.74) is 0. The third-order valence-electron chi connectivity index (χ3n) is 4.79. The lowest BCUT2D eigenvalue weighted by atomic mass is 10.2. The predicted molar refractivity (Wildman–Crippen MR) is 130 cm³/mol. The number of hydrogen-bond acceptors (Lipinski definition) is 5. The molecule has 28 heavy (non-hydrogen) atoms. The van der Waals surface area contributed by atoms with E-state index in [9.17, 15) is 0 Å². The number of nitrogens with one attached hydrogen (secondary N) is 2. The highest BCUT2D eigenvalue weighted by atomic mass is 127. The lowest BCUT2D eigenvalue weighted by Gasteiger charge is -2.16. The fourth-order valence-corrected chi connectivity index (χ4v) is 4.70. The molecule has 0 amide bonds. The maximum absolute atomic E-state index is 4.67. The van der Waals surface area contributed by atoms with Crippen molar-refractivity contribution in [3.05, 3.63) is 28.2 Å². The first-order valence-electron chi connectivity index (χ1n) is 9.84. The molecule has 1 aliphatic carbocycles. The minimum atomic E-state index is 0. The molecule has 1 aliphatic rings. The number of halogens is 1. The van der Waals surface area contributed by atoms with Gasteiger partial charge in [-0.25, -0.2) is 4.99 Å². The van der Waals surface area contributed by atoms with Gasteiger partial charge in [0.05, 0.1) is 6.54 Å². The Bertz CT molecular complexity index is 710. The fraction of sp³-hybridized carbons (Fsp3) is 0.632. The van der Waals surface area contributed by atoms with E-state index in [-0.39, 0.29) is 24.0 Å². The number of rotatable bonds is 9. The van der Waals surface area contributed by atoms with Gasteiger partial charge in [0.2, 0.25) is 0 Å². The van der Waals surface area contributed by atoms with E-state index in [0.29, 0.717) is 6.04 Å². The molecule has 9 heteroatoms. The average Bonchev–Trinajstić information content (AvgIpc) is 3.44. The molecule has 0 saturated heterocycles. The molecule has 6 nitrogen and oxygen atoms in total. The first-order valence-corrected chi connectivity index (χ1v) is 11.9. The number of aryl methyl sites for hydroxylation is 1. The molecule has 2 N–H and O–H groups in total. The van der Waals surface area contributed by atoms with Crippen LogP contribution in [0, 0.1) is 0 Å². The zero-order valence-corrected chi connectivity index (χ0v) is 20.7. The molecule has 0 aliphatic heterocycles. The van der Waals surface area contributed by atoms with Crippen molar-refractivity contribution >= 4 is 53.0 Å². The van der Waals surface area contributed by atoms with E-state index in [1.54, 1.807) is 23.1 Å². The van der Waals surface area contributed by atoms with E-state index in [1.807, 2.05) is 0 Å². The van der Waals surface area contributed by atoms with E-state index < -0.39 is 0 Å². The van der Waals surface area contributed by atoms with Crippen molar-refractivity contribution in [1.29, 1.82) is 0 Å². The van der Waals surface area contributed by atoms with Crippen LogP contribution in [0.2, 0.25) is 0 Å². The summed E-state index contributed by atoms with van der Waals surface area (Å²) < 4.78 is 2.40. The molecule has 2 aromatic heterocycles. The van der Waals surface area contributed by atoms with Crippen molar-refractivity contribution in [2.45, 2.75) is 63.2 Å². The van der Waals surface area contributed by atoms with Crippen LogP contribution < -0.4 is 10.6 Å². The van der Waals surface area contributed by atoms with Crippen molar-refractivity contribution < 1.29 is 0 Å². The molecule has 2 heterocycles. The summed E-state index contributed by atoms with van der Waals surface area (Å²) >= 11 is 3.45. The van der Waals surface area contributed by atoms with Crippen LogP contribution in [0.25, 0.3) is 0 Å². The normalized spacial score (nSPS) is 14.9. The summed E-state index contributed by atoms with van der Waals surface area (Å²) in [7, 11) is 0. The summed E-state index contributed by atoms with van der Waals surface area (Å²) in [6.45, 7) is 4.56. The summed E-state index contributed by atoms with van der Waals surface area (Å²) in [6, 6.07) is 4.78. The van der Waals surface area contributed by atoms with Gasteiger partial charge in [-0.2, -0.15) is 0 Å².